The number of amides is 4. The number of para-hydroxylation sites is 2. The summed E-state index contributed by atoms with van der Waals surface area (Å²) in [7, 11) is 0. The molecule has 164 valence electrons. The van der Waals surface area contributed by atoms with E-state index in [2.05, 4.69) is 21.3 Å². The summed E-state index contributed by atoms with van der Waals surface area (Å²) in [5, 5.41) is 27.8. The van der Waals surface area contributed by atoms with Gasteiger partial charge in [-0.15, -0.1) is 11.4 Å². The molecule has 0 radical (unpaired) electrons. The second-order valence-corrected chi connectivity index (χ2v) is 7.90. The molecule has 0 saturated heterocycles. The van der Waals surface area contributed by atoms with Crippen molar-refractivity contribution in [2.75, 3.05) is 0 Å². The van der Waals surface area contributed by atoms with Crippen LogP contribution in [0.1, 0.15) is 41.5 Å². The molecule has 1 heterocycles. The van der Waals surface area contributed by atoms with Gasteiger partial charge in [0.25, 0.3) is 0 Å². The molecule has 0 aromatic heterocycles. The number of fused-ring (bicyclic) bond motifs is 1. The van der Waals surface area contributed by atoms with Crippen molar-refractivity contribution in [3.8, 4) is 0 Å². The van der Waals surface area contributed by atoms with Gasteiger partial charge in [-0.25, -0.2) is 0 Å². The van der Waals surface area contributed by atoms with Crippen LogP contribution in [0.25, 0.3) is 21.3 Å². The maximum Gasteiger partial charge on any atom is 4.00 e. The van der Waals surface area contributed by atoms with E-state index in [4.69, 9.17) is 10.5 Å². The summed E-state index contributed by atoms with van der Waals surface area (Å²) >= 11 is 0. The van der Waals surface area contributed by atoms with E-state index in [0.29, 0.717) is 0 Å². The Balaban J connectivity index is 0.00000272. The standard InChI is InChI=1S/C19H26N4O4.Fe.H2O2/c1-17(2)13(24)22-18(3,4)15(26)20-11-9-7-8-10-12(11)21-16(27)19(5,6)23-14(17)25;;1-2/h7-10H,1-6H3,(H4,20,21,22,23,24,25,26,27);;1-2H/q;+4;/p-4. The molecule has 10 nitrogen and oxygen atoms in total. The van der Waals surface area contributed by atoms with Crippen molar-refractivity contribution in [2.45, 2.75) is 52.6 Å². The molecule has 0 bridgehead atoms. The zero-order valence-electron chi connectivity index (χ0n) is 17.5. The van der Waals surface area contributed by atoms with Gasteiger partial charge in [0.15, 0.2) is 0 Å². The fraction of sp³-hybridized carbons (Fsp3) is 0.474. The van der Waals surface area contributed by atoms with E-state index in [1.165, 1.54) is 53.7 Å². The number of carbonyl (C=O) groups excluding carboxylic acids is 4. The summed E-state index contributed by atoms with van der Waals surface area (Å²) in [6.45, 7) is 8.45. The van der Waals surface area contributed by atoms with Gasteiger partial charge in [0.05, 0.1) is 11.8 Å². The molecule has 2 N–H and O–H groups in total. The summed E-state index contributed by atoms with van der Waals surface area (Å²) in [5.41, 5.74) is -4.26. The fourth-order valence-corrected chi connectivity index (χ4v) is 2.12. The Kier molecular flexibility index (Phi) is 9.21. The Bertz CT molecular complexity index is 758. The maximum absolute atomic E-state index is 12.6. The van der Waals surface area contributed by atoms with Gasteiger partial charge in [-0.2, -0.15) is 0 Å². The maximum atomic E-state index is 12.6. The van der Waals surface area contributed by atoms with Gasteiger partial charge in [0.1, 0.15) is 0 Å². The third-order valence-corrected chi connectivity index (χ3v) is 4.20. The Morgan fingerprint density at radius 1 is 0.633 bits per heavy atom. The van der Waals surface area contributed by atoms with Crippen LogP contribution in [0.3, 0.4) is 0 Å². The van der Waals surface area contributed by atoms with Crippen LogP contribution in [0.2, 0.25) is 0 Å². The zero-order valence-corrected chi connectivity index (χ0v) is 18.6. The summed E-state index contributed by atoms with van der Waals surface area (Å²) in [6.07, 6.45) is 0. The number of benzene rings is 1. The smallest absolute Gasteiger partial charge is 0.643 e. The molecule has 1 aromatic carbocycles. The minimum absolute atomic E-state index is 0. The largest absolute Gasteiger partial charge is 4.00 e. The molecule has 0 spiro atoms. The summed E-state index contributed by atoms with van der Waals surface area (Å²) in [4.78, 5) is 50.4. The molecule has 1 aromatic rings. The Labute approximate surface area is 185 Å². The van der Waals surface area contributed by atoms with Crippen LogP contribution in [0.5, 0.6) is 0 Å². The van der Waals surface area contributed by atoms with E-state index in [1.54, 1.807) is 12.1 Å². The Hall–Kier alpha value is -2.46. The predicted molar refractivity (Wildman–Crippen MR) is 106 cm³/mol. The molecule has 30 heavy (non-hydrogen) atoms. The number of carbonyl (C=O) groups is 4. The van der Waals surface area contributed by atoms with Gasteiger partial charge in [-0.1, -0.05) is 63.0 Å². The topological polar surface area (TPSA) is 165 Å². The molecule has 2 rings (SSSR count). The van der Waals surface area contributed by atoms with Gasteiger partial charge in [-0.3, -0.25) is 10.5 Å². The van der Waals surface area contributed by atoms with Crippen molar-refractivity contribution in [1.82, 2.24) is 0 Å². The summed E-state index contributed by atoms with van der Waals surface area (Å²) in [6, 6.07) is 6.35. The van der Waals surface area contributed by atoms with E-state index in [9.17, 15) is 19.2 Å². The zero-order chi connectivity index (χ0) is 22.6. The second-order valence-electron chi connectivity index (χ2n) is 7.90. The van der Waals surface area contributed by atoms with E-state index < -0.39 is 40.1 Å². The summed E-state index contributed by atoms with van der Waals surface area (Å²) in [5.74, 6) is -3.00. The van der Waals surface area contributed by atoms with E-state index in [-0.39, 0.29) is 28.4 Å². The molecule has 0 aliphatic carbocycles. The SMILES string of the molecule is CC1(C)[N-]C(=O)C(C)(C)C(=O)[N-]C(C)(C)C(=O)[N-]c2ccccc2[N-]C1=O.OO.[Fe+4]. The van der Waals surface area contributed by atoms with Crippen LogP contribution in [0.15, 0.2) is 24.3 Å². The van der Waals surface area contributed by atoms with Crippen molar-refractivity contribution in [1.29, 1.82) is 0 Å². The third kappa shape index (κ3) is 6.02. The number of hydrogen-bond acceptors (Lipinski definition) is 6. The van der Waals surface area contributed by atoms with Gasteiger partial charge in [-0.05, 0) is 13.8 Å². The van der Waals surface area contributed by atoms with Crippen molar-refractivity contribution in [3.05, 3.63) is 45.5 Å². The molecular formula is C19H24FeN4O6. The van der Waals surface area contributed by atoms with Gasteiger partial charge < -0.3 is 40.4 Å². The van der Waals surface area contributed by atoms with Gasteiger partial charge >= 0.3 is 17.1 Å². The van der Waals surface area contributed by atoms with Crippen molar-refractivity contribution in [3.63, 3.8) is 0 Å². The molecule has 1 aliphatic heterocycles. The average Bonchev–Trinajstić information content (AvgIpc) is 2.63. The van der Waals surface area contributed by atoms with Crippen LogP contribution in [-0.2, 0) is 36.2 Å². The minimum Gasteiger partial charge on any atom is -0.643 e. The molecule has 1 aliphatic rings. The average molecular weight is 460 g/mol. The van der Waals surface area contributed by atoms with Crippen molar-refractivity contribution < 1.29 is 46.8 Å². The quantitative estimate of drug-likeness (QED) is 0.255. The monoisotopic (exact) mass is 460 g/mol. The van der Waals surface area contributed by atoms with Crippen LogP contribution in [0.4, 0.5) is 11.4 Å². The molecule has 0 fully saturated rings. The fourth-order valence-electron chi connectivity index (χ4n) is 2.12. The molecule has 0 atom stereocenters. The normalized spacial score (nSPS) is 19.9. The molecule has 11 heteroatoms. The Morgan fingerprint density at radius 2 is 0.933 bits per heavy atom. The molecular weight excluding hydrogens is 436 g/mol. The Morgan fingerprint density at radius 3 is 1.23 bits per heavy atom. The van der Waals surface area contributed by atoms with Crippen LogP contribution >= 0.6 is 0 Å². The van der Waals surface area contributed by atoms with Crippen molar-refractivity contribution >= 4 is 35.0 Å². The van der Waals surface area contributed by atoms with Crippen LogP contribution in [-0.4, -0.2) is 45.2 Å². The molecule has 0 unspecified atom stereocenters. The van der Waals surface area contributed by atoms with E-state index in [0.717, 1.165) is 0 Å². The first-order valence-electron chi connectivity index (χ1n) is 8.63. The third-order valence-electron chi connectivity index (χ3n) is 4.20. The number of rotatable bonds is 0. The number of hydrogen-bond donors (Lipinski definition) is 2. The second kappa shape index (κ2) is 10.0. The van der Waals surface area contributed by atoms with Crippen LogP contribution in [0, 0.1) is 5.41 Å². The van der Waals surface area contributed by atoms with E-state index >= 15 is 0 Å². The van der Waals surface area contributed by atoms with Crippen molar-refractivity contribution in [2.24, 2.45) is 5.41 Å². The predicted octanol–water partition coefficient (Wildman–Crippen LogP) is 4.16. The minimum atomic E-state index is -1.63. The summed E-state index contributed by atoms with van der Waals surface area (Å²) < 4.78 is 0. The number of nitrogens with zero attached hydrogens (tertiary/aromatic N) is 4. The first-order valence-corrected chi connectivity index (χ1v) is 8.63. The van der Waals surface area contributed by atoms with E-state index in [1.807, 2.05) is 0 Å². The van der Waals surface area contributed by atoms with Gasteiger partial charge in [0, 0.05) is 17.2 Å². The molecule has 4 amide bonds. The van der Waals surface area contributed by atoms with Crippen LogP contribution < -0.4 is 0 Å². The van der Waals surface area contributed by atoms with Gasteiger partial charge in [0.2, 0.25) is 0 Å². The first kappa shape index (κ1) is 27.5. The first-order chi connectivity index (χ1) is 13.3. The molecule has 0 saturated carbocycles.